The van der Waals surface area contributed by atoms with E-state index in [1.165, 1.54) is 0 Å². The van der Waals surface area contributed by atoms with Crippen LogP contribution in [0.15, 0.2) is 0 Å². The Morgan fingerprint density at radius 1 is 1.30 bits per heavy atom. The summed E-state index contributed by atoms with van der Waals surface area (Å²) in [5.41, 5.74) is 5.98. The number of hydrogen-bond acceptors (Lipinski definition) is 2. The zero-order chi connectivity index (χ0) is 7.78. The van der Waals surface area contributed by atoms with Gasteiger partial charge in [-0.05, 0) is 33.6 Å². The van der Waals surface area contributed by atoms with Crippen LogP contribution in [0.25, 0.3) is 0 Å². The van der Waals surface area contributed by atoms with E-state index in [9.17, 15) is 0 Å². The number of hydrogen-bond donors (Lipinski definition) is 1. The topological polar surface area (TPSA) is 35.2 Å². The lowest BCUT2D eigenvalue weighted by molar-refractivity contribution is -0.0562. The Morgan fingerprint density at radius 2 is 1.70 bits per heavy atom. The molecule has 1 saturated heterocycles. The van der Waals surface area contributed by atoms with Gasteiger partial charge < -0.3 is 10.5 Å². The maximum absolute atomic E-state index is 5.98. The molecule has 0 aromatic heterocycles. The zero-order valence-electron chi connectivity index (χ0n) is 7.05. The third-order valence-corrected chi connectivity index (χ3v) is 1.97. The molecule has 0 amide bonds. The molecule has 2 N–H and O–H groups in total. The summed E-state index contributed by atoms with van der Waals surface area (Å²) in [5.74, 6) is 0. The second-order valence-corrected chi connectivity index (χ2v) is 3.82. The lowest BCUT2D eigenvalue weighted by atomic mass is 9.87. The van der Waals surface area contributed by atoms with E-state index in [1.807, 2.05) is 0 Å². The maximum Gasteiger partial charge on any atom is 0.0568 e. The average Bonchev–Trinajstić information content (AvgIpc) is 1.54. The molecule has 1 heterocycles. The Kier molecular flexibility index (Phi) is 2.02. The fourth-order valence-corrected chi connectivity index (χ4v) is 1.89. The Balaban J connectivity index is 2.51. The van der Waals surface area contributed by atoms with E-state index in [2.05, 4.69) is 20.8 Å². The molecule has 60 valence electrons. The minimum atomic E-state index is -0.00289. The molecule has 1 rings (SSSR count). The molecule has 0 bridgehead atoms. The zero-order valence-corrected chi connectivity index (χ0v) is 7.05. The summed E-state index contributed by atoms with van der Waals surface area (Å²) in [4.78, 5) is 0. The van der Waals surface area contributed by atoms with Gasteiger partial charge in [-0.25, -0.2) is 0 Å². The van der Waals surface area contributed by atoms with Gasteiger partial charge in [0.2, 0.25) is 0 Å². The Morgan fingerprint density at radius 3 is 2.00 bits per heavy atom. The van der Waals surface area contributed by atoms with Crippen molar-refractivity contribution < 1.29 is 4.74 Å². The molecule has 1 unspecified atom stereocenters. The van der Waals surface area contributed by atoms with E-state index >= 15 is 0 Å². The molecule has 0 aromatic carbocycles. The molecule has 1 fully saturated rings. The first-order chi connectivity index (χ1) is 4.49. The van der Waals surface area contributed by atoms with Gasteiger partial charge in [-0.2, -0.15) is 0 Å². The van der Waals surface area contributed by atoms with Crippen LogP contribution in [0.3, 0.4) is 0 Å². The molecule has 2 nitrogen and oxygen atoms in total. The summed E-state index contributed by atoms with van der Waals surface area (Å²) in [6.07, 6.45) is 2.63. The Labute approximate surface area is 62.7 Å². The highest BCUT2D eigenvalue weighted by atomic mass is 16.5. The first-order valence-electron chi connectivity index (χ1n) is 3.94. The average molecular weight is 143 g/mol. The maximum atomic E-state index is 5.98. The second-order valence-electron chi connectivity index (χ2n) is 3.82. The van der Waals surface area contributed by atoms with Crippen molar-refractivity contribution in [1.29, 1.82) is 0 Å². The van der Waals surface area contributed by atoms with Gasteiger partial charge in [0.25, 0.3) is 0 Å². The van der Waals surface area contributed by atoms with Gasteiger partial charge in [0, 0.05) is 5.54 Å². The number of ether oxygens (including phenoxy) is 1. The minimum Gasteiger partial charge on any atom is -0.375 e. The Bertz CT molecular complexity index is 110. The van der Waals surface area contributed by atoms with Crippen molar-refractivity contribution in [2.45, 2.75) is 51.4 Å². The summed E-state index contributed by atoms with van der Waals surface area (Å²) in [7, 11) is 0. The van der Waals surface area contributed by atoms with Crippen LogP contribution in [0, 0.1) is 0 Å². The van der Waals surface area contributed by atoms with E-state index in [-0.39, 0.29) is 5.54 Å². The third kappa shape index (κ3) is 1.96. The van der Waals surface area contributed by atoms with E-state index in [4.69, 9.17) is 10.5 Å². The molecule has 0 spiro atoms. The van der Waals surface area contributed by atoms with Crippen LogP contribution in [-0.4, -0.2) is 17.7 Å². The fourth-order valence-electron chi connectivity index (χ4n) is 1.89. The minimum absolute atomic E-state index is 0.00289. The van der Waals surface area contributed by atoms with Crippen molar-refractivity contribution in [3.63, 3.8) is 0 Å². The van der Waals surface area contributed by atoms with Crippen molar-refractivity contribution in [1.82, 2.24) is 0 Å². The summed E-state index contributed by atoms with van der Waals surface area (Å²) < 4.78 is 5.54. The van der Waals surface area contributed by atoms with Gasteiger partial charge in [-0.15, -0.1) is 0 Å². The quantitative estimate of drug-likeness (QED) is 0.554. The molecule has 0 saturated carbocycles. The molecule has 10 heavy (non-hydrogen) atoms. The molecule has 1 aliphatic heterocycles. The number of rotatable bonds is 0. The third-order valence-electron chi connectivity index (χ3n) is 1.97. The Hall–Kier alpha value is -0.0800. The highest BCUT2D eigenvalue weighted by Crippen LogP contribution is 2.25. The van der Waals surface area contributed by atoms with E-state index in [0.717, 1.165) is 12.8 Å². The first-order valence-corrected chi connectivity index (χ1v) is 3.94. The molecular weight excluding hydrogens is 126 g/mol. The van der Waals surface area contributed by atoms with Crippen LogP contribution < -0.4 is 5.73 Å². The van der Waals surface area contributed by atoms with Crippen molar-refractivity contribution in [2.75, 3.05) is 0 Å². The summed E-state index contributed by atoms with van der Waals surface area (Å²) >= 11 is 0. The smallest absolute Gasteiger partial charge is 0.0568 e. The van der Waals surface area contributed by atoms with Gasteiger partial charge in [-0.3, -0.25) is 0 Å². The molecule has 2 heteroatoms. The summed E-state index contributed by atoms with van der Waals surface area (Å²) in [6.45, 7) is 6.27. The predicted molar refractivity (Wildman–Crippen MR) is 41.8 cm³/mol. The van der Waals surface area contributed by atoms with Crippen LogP contribution in [-0.2, 0) is 4.74 Å². The standard InChI is InChI=1S/C8H17NO/c1-6-4-8(3,9)5-7(2)10-6/h6-7H,4-5,9H2,1-3H3/t6-,7+,8?. The lowest BCUT2D eigenvalue weighted by Crippen LogP contribution is -2.47. The van der Waals surface area contributed by atoms with E-state index in [0.29, 0.717) is 12.2 Å². The highest BCUT2D eigenvalue weighted by Gasteiger charge is 2.30. The van der Waals surface area contributed by atoms with Crippen LogP contribution in [0.1, 0.15) is 33.6 Å². The first kappa shape index (κ1) is 8.02. The monoisotopic (exact) mass is 143 g/mol. The van der Waals surface area contributed by atoms with E-state index in [1.54, 1.807) is 0 Å². The molecule has 0 aliphatic carbocycles. The van der Waals surface area contributed by atoms with Gasteiger partial charge in [-0.1, -0.05) is 0 Å². The normalized spacial score (nSPS) is 49.2. The van der Waals surface area contributed by atoms with Crippen LogP contribution in [0.5, 0.6) is 0 Å². The molecular formula is C8H17NO. The molecule has 1 aliphatic rings. The molecule has 0 radical (unpaired) electrons. The predicted octanol–water partition coefficient (Wildman–Crippen LogP) is 1.29. The van der Waals surface area contributed by atoms with Gasteiger partial charge in [0.15, 0.2) is 0 Å². The molecule has 3 atom stereocenters. The largest absolute Gasteiger partial charge is 0.375 e. The van der Waals surface area contributed by atoms with Crippen LogP contribution >= 0.6 is 0 Å². The van der Waals surface area contributed by atoms with Crippen LogP contribution in [0.4, 0.5) is 0 Å². The number of nitrogens with two attached hydrogens (primary N) is 1. The van der Waals surface area contributed by atoms with Crippen molar-refractivity contribution >= 4 is 0 Å². The van der Waals surface area contributed by atoms with Gasteiger partial charge in [0.1, 0.15) is 0 Å². The van der Waals surface area contributed by atoms with Gasteiger partial charge >= 0.3 is 0 Å². The van der Waals surface area contributed by atoms with Crippen molar-refractivity contribution in [2.24, 2.45) is 5.73 Å². The lowest BCUT2D eigenvalue weighted by Gasteiger charge is -2.37. The highest BCUT2D eigenvalue weighted by molar-refractivity contribution is 4.87. The van der Waals surface area contributed by atoms with E-state index < -0.39 is 0 Å². The molecule has 0 aromatic rings. The summed E-state index contributed by atoms with van der Waals surface area (Å²) in [5, 5.41) is 0. The SMILES string of the molecule is C[C@@H]1CC(C)(N)C[C@H](C)O1. The fraction of sp³-hybridized carbons (Fsp3) is 1.00. The van der Waals surface area contributed by atoms with Crippen molar-refractivity contribution in [3.8, 4) is 0 Å². The van der Waals surface area contributed by atoms with Crippen molar-refractivity contribution in [3.05, 3.63) is 0 Å². The van der Waals surface area contributed by atoms with Gasteiger partial charge in [0.05, 0.1) is 12.2 Å². The summed E-state index contributed by atoms with van der Waals surface area (Å²) in [6, 6.07) is 0. The van der Waals surface area contributed by atoms with Crippen LogP contribution in [0.2, 0.25) is 0 Å². The second kappa shape index (κ2) is 2.51.